The van der Waals surface area contributed by atoms with E-state index < -0.39 is 56.1 Å². The second-order valence-corrected chi connectivity index (χ2v) is 9.82. The molecular formula is C19H22F3N3O7S. The highest BCUT2D eigenvalue weighted by Gasteiger charge is 2.38. The Labute approximate surface area is 185 Å². The molecule has 0 spiro atoms. The van der Waals surface area contributed by atoms with E-state index in [-0.39, 0.29) is 40.2 Å². The maximum Gasteiger partial charge on any atom is 0.444 e. The lowest BCUT2D eigenvalue weighted by atomic mass is 9.97. The fourth-order valence-corrected chi connectivity index (χ4v) is 4.20. The van der Waals surface area contributed by atoms with Crippen LogP contribution in [0, 0.1) is 5.92 Å². The first-order chi connectivity index (χ1) is 15.2. The van der Waals surface area contributed by atoms with E-state index in [9.17, 15) is 36.0 Å². The van der Waals surface area contributed by atoms with Gasteiger partial charge in [0.05, 0.1) is 35.4 Å². The molecule has 14 heteroatoms. The number of amides is 1. The summed E-state index contributed by atoms with van der Waals surface area (Å²) >= 11 is 0. The minimum Gasteiger partial charge on any atom is -0.447 e. The van der Waals surface area contributed by atoms with Gasteiger partial charge < -0.3 is 14.5 Å². The lowest BCUT2D eigenvalue weighted by molar-refractivity contribution is -0.139. The summed E-state index contributed by atoms with van der Waals surface area (Å²) in [5, 5.41) is -0.432. The minimum atomic E-state index is -4.80. The molecule has 1 amide bonds. The second kappa shape index (κ2) is 8.82. The van der Waals surface area contributed by atoms with Gasteiger partial charge in [0.15, 0.2) is 0 Å². The third-order valence-corrected chi connectivity index (χ3v) is 5.76. The van der Waals surface area contributed by atoms with Crippen molar-refractivity contribution in [3.63, 3.8) is 0 Å². The minimum absolute atomic E-state index is 0.00707. The number of aromatic amines is 1. The van der Waals surface area contributed by atoms with Gasteiger partial charge in [-0.2, -0.15) is 13.2 Å². The van der Waals surface area contributed by atoms with Crippen molar-refractivity contribution >= 4 is 27.0 Å². The number of rotatable bonds is 5. The number of carbonyl (C=O) groups excluding carboxylic acids is 1. The second-order valence-electron chi connectivity index (χ2n) is 8.01. The summed E-state index contributed by atoms with van der Waals surface area (Å²) in [5.41, 5.74) is -4.63. The Morgan fingerprint density at radius 3 is 2.52 bits per heavy atom. The quantitative estimate of drug-likeness (QED) is 0.677. The monoisotopic (exact) mass is 493 g/mol. The van der Waals surface area contributed by atoms with Crippen LogP contribution in [0.4, 0.5) is 18.0 Å². The number of hydrogen-bond donors (Lipinski definition) is 1. The highest BCUT2D eigenvalue weighted by Crippen LogP contribution is 2.40. The van der Waals surface area contributed by atoms with Crippen molar-refractivity contribution in [1.82, 2.24) is 9.66 Å². The maximum atomic E-state index is 13.7. The first kappa shape index (κ1) is 24.8. The topological polar surface area (TPSA) is 128 Å². The number of hydrogen-bond acceptors (Lipinski definition) is 7. The fraction of sp³-hybridized carbons (Fsp3) is 0.526. The number of fused-ring (bicyclic) bond motifs is 1. The molecule has 1 aromatic carbocycles. The lowest BCUT2D eigenvalue weighted by Crippen LogP contribution is -2.56. The van der Waals surface area contributed by atoms with Gasteiger partial charge in [0.25, 0.3) is 15.6 Å². The number of nitrogens with zero attached hydrogens (tertiary/aromatic N) is 2. The summed E-state index contributed by atoms with van der Waals surface area (Å²) in [5.74, 6) is -0.184. The molecule has 1 aliphatic rings. The summed E-state index contributed by atoms with van der Waals surface area (Å²) in [4.78, 5) is 40.2. The van der Waals surface area contributed by atoms with Gasteiger partial charge in [0.1, 0.15) is 0 Å². The van der Waals surface area contributed by atoms with Gasteiger partial charge in [0.2, 0.25) is 0 Å². The summed E-state index contributed by atoms with van der Waals surface area (Å²) in [7, 11) is -4.54. The van der Waals surface area contributed by atoms with Crippen LogP contribution in [0.2, 0.25) is 0 Å². The highest BCUT2D eigenvalue weighted by molar-refractivity contribution is 7.92. The first-order valence-electron chi connectivity index (χ1n) is 9.91. The van der Waals surface area contributed by atoms with Crippen LogP contribution < -0.4 is 15.7 Å². The van der Waals surface area contributed by atoms with Crippen molar-refractivity contribution < 1.29 is 35.9 Å². The smallest absolute Gasteiger partial charge is 0.444 e. The van der Waals surface area contributed by atoms with Crippen LogP contribution in [0.1, 0.15) is 43.9 Å². The zero-order valence-corrected chi connectivity index (χ0v) is 18.7. The average Bonchev–Trinajstić information content (AvgIpc) is 3.21. The molecule has 33 heavy (non-hydrogen) atoms. The number of nitrogens with one attached hydrogen (secondary N) is 1. The molecule has 1 atom stereocenters. The molecule has 0 radical (unpaired) electrons. The molecule has 0 unspecified atom stereocenters. The Bertz CT molecular complexity index is 1290. The molecule has 2 aromatic rings. The largest absolute Gasteiger partial charge is 0.447 e. The number of aromatic nitrogens is 2. The van der Waals surface area contributed by atoms with Crippen LogP contribution in [0.15, 0.2) is 21.7 Å². The van der Waals surface area contributed by atoms with Gasteiger partial charge in [-0.15, -0.1) is 4.68 Å². The van der Waals surface area contributed by atoms with E-state index in [4.69, 9.17) is 9.47 Å². The number of ether oxygens (including phenoxy) is 2. The zero-order chi connectivity index (χ0) is 24.7. The van der Waals surface area contributed by atoms with Crippen molar-refractivity contribution in [2.75, 3.05) is 23.9 Å². The van der Waals surface area contributed by atoms with E-state index in [1.54, 1.807) is 13.8 Å². The number of sulfonamides is 1. The Kier molecular flexibility index (Phi) is 6.62. The molecule has 0 aliphatic carbocycles. The summed E-state index contributed by atoms with van der Waals surface area (Å²) in [6.07, 6.45) is -5.88. The Morgan fingerprint density at radius 2 is 2.00 bits per heavy atom. The molecule has 1 fully saturated rings. The van der Waals surface area contributed by atoms with E-state index in [2.05, 4.69) is 4.98 Å². The van der Waals surface area contributed by atoms with E-state index in [1.165, 1.54) is 0 Å². The predicted octanol–water partition coefficient (Wildman–Crippen LogP) is 2.25. The van der Waals surface area contributed by atoms with Crippen molar-refractivity contribution in [2.45, 2.75) is 39.0 Å². The Balaban J connectivity index is 2.28. The maximum absolute atomic E-state index is 13.7. The van der Waals surface area contributed by atoms with Crippen LogP contribution in [-0.4, -0.2) is 43.6 Å². The van der Waals surface area contributed by atoms with Crippen molar-refractivity contribution in [3.05, 3.63) is 44.1 Å². The van der Waals surface area contributed by atoms with Crippen LogP contribution >= 0.6 is 0 Å². The predicted molar refractivity (Wildman–Crippen MR) is 111 cm³/mol. The SMILES string of the molecule is CC(C)COC(=O)N(n1c(=O)[nH]c2cc(C(F)(F)F)c([C@H]3CCCO3)cc2c1=O)S(C)(=O)=O. The molecular weight excluding hydrogens is 471 g/mol. The van der Waals surface area contributed by atoms with Gasteiger partial charge >= 0.3 is 18.0 Å². The van der Waals surface area contributed by atoms with Gasteiger partial charge in [-0.25, -0.2) is 18.0 Å². The van der Waals surface area contributed by atoms with E-state index in [1.807, 2.05) is 0 Å². The Morgan fingerprint density at radius 1 is 1.33 bits per heavy atom. The molecule has 1 saturated heterocycles. The summed E-state index contributed by atoms with van der Waals surface area (Å²) in [6.45, 7) is 3.39. The number of benzene rings is 1. The molecule has 182 valence electrons. The molecule has 0 bridgehead atoms. The molecule has 1 aliphatic heterocycles. The molecule has 2 heterocycles. The van der Waals surface area contributed by atoms with Crippen molar-refractivity contribution in [3.8, 4) is 0 Å². The van der Waals surface area contributed by atoms with Gasteiger partial charge in [-0.3, -0.25) is 4.79 Å². The third-order valence-electron chi connectivity index (χ3n) is 4.82. The summed E-state index contributed by atoms with van der Waals surface area (Å²) in [6, 6.07) is 1.50. The number of H-pyrrole nitrogens is 1. The van der Waals surface area contributed by atoms with Crippen LogP contribution in [0.3, 0.4) is 0 Å². The molecule has 1 aromatic heterocycles. The number of carbonyl (C=O) groups is 1. The number of alkyl halides is 3. The van der Waals surface area contributed by atoms with E-state index in [0.29, 0.717) is 18.7 Å². The summed E-state index contributed by atoms with van der Waals surface area (Å²) < 4.78 is 75.6. The molecule has 1 N–H and O–H groups in total. The van der Waals surface area contributed by atoms with Gasteiger partial charge in [-0.05, 0) is 36.5 Å². The first-order valence-corrected chi connectivity index (χ1v) is 11.8. The molecule has 3 rings (SSSR count). The number of halogens is 3. The molecule has 0 saturated carbocycles. The van der Waals surface area contributed by atoms with Crippen LogP contribution in [0.5, 0.6) is 0 Å². The van der Waals surface area contributed by atoms with Crippen LogP contribution in [-0.2, 0) is 25.7 Å². The fourth-order valence-electron chi connectivity index (χ4n) is 3.43. The highest BCUT2D eigenvalue weighted by atomic mass is 32.2. The van der Waals surface area contributed by atoms with Gasteiger partial charge in [-0.1, -0.05) is 18.3 Å². The zero-order valence-electron chi connectivity index (χ0n) is 17.9. The Hall–Kier alpha value is -2.87. The van der Waals surface area contributed by atoms with Crippen molar-refractivity contribution in [2.24, 2.45) is 5.92 Å². The van der Waals surface area contributed by atoms with Crippen molar-refractivity contribution in [1.29, 1.82) is 0 Å². The van der Waals surface area contributed by atoms with Gasteiger partial charge in [0, 0.05) is 6.61 Å². The lowest BCUT2D eigenvalue weighted by Gasteiger charge is -2.22. The third kappa shape index (κ3) is 5.05. The average molecular weight is 493 g/mol. The van der Waals surface area contributed by atoms with E-state index >= 15 is 0 Å². The van der Waals surface area contributed by atoms with E-state index in [0.717, 1.165) is 6.07 Å². The standard InChI is InChI=1S/C19H22F3N3O7S/c1-10(2)9-32-18(28)25(33(3,29)30)24-16(26)12-7-11(15-5-4-6-31-15)13(19(20,21)22)8-14(12)23-17(24)27/h7-8,10,15H,4-6,9H2,1-3H3,(H,23,27)/t15-/m1/s1. The normalized spacial score (nSPS) is 17.0. The molecule has 10 nitrogen and oxygen atoms in total. The van der Waals surface area contributed by atoms with Crippen LogP contribution in [0.25, 0.3) is 10.9 Å².